The predicted molar refractivity (Wildman–Crippen MR) is 63.0 cm³/mol. The Labute approximate surface area is 99.4 Å². The highest BCUT2D eigenvalue weighted by Crippen LogP contribution is 2.09. The number of carbonyl (C=O) groups is 1. The molecule has 1 aromatic rings. The molecule has 1 fully saturated rings. The van der Waals surface area contributed by atoms with Crippen molar-refractivity contribution in [2.45, 2.75) is 6.17 Å². The number of carbonyl (C=O) groups excluding carboxylic acids is 1. The first-order valence-corrected chi connectivity index (χ1v) is 5.50. The summed E-state index contributed by atoms with van der Waals surface area (Å²) in [5.41, 5.74) is 10.7. The van der Waals surface area contributed by atoms with Gasteiger partial charge in [0.2, 0.25) is 5.95 Å². The van der Waals surface area contributed by atoms with Gasteiger partial charge in [0.15, 0.2) is 0 Å². The molecule has 0 radical (unpaired) electrons. The number of anilines is 1. The highest BCUT2D eigenvalue weighted by molar-refractivity contribution is 5.81. The molecule has 1 amide bonds. The molecule has 2 rings (SSSR count). The smallest absolute Gasteiger partial charge is 0.254 e. The van der Waals surface area contributed by atoms with Crippen molar-refractivity contribution in [1.82, 2.24) is 14.9 Å². The third-order valence-corrected chi connectivity index (χ3v) is 2.71. The van der Waals surface area contributed by atoms with Crippen molar-refractivity contribution in [1.29, 1.82) is 0 Å². The van der Waals surface area contributed by atoms with Gasteiger partial charge < -0.3 is 21.3 Å². The molecule has 2 heterocycles. The molecule has 0 unspecified atom stereocenters. The van der Waals surface area contributed by atoms with Crippen molar-refractivity contribution >= 4 is 11.9 Å². The number of hydrogen-bond acceptors (Lipinski definition) is 6. The minimum Gasteiger partial charge on any atom is -0.337 e. The van der Waals surface area contributed by atoms with Crippen LogP contribution in [-0.4, -0.2) is 53.1 Å². The summed E-state index contributed by atoms with van der Waals surface area (Å²) in [6.45, 7) is 2.59. The van der Waals surface area contributed by atoms with Gasteiger partial charge in [0, 0.05) is 38.6 Å². The zero-order valence-electron chi connectivity index (χ0n) is 9.49. The molecule has 0 aromatic carbocycles. The van der Waals surface area contributed by atoms with E-state index in [1.165, 1.54) is 0 Å². The maximum Gasteiger partial charge on any atom is 0.254 e. The van der Waals surface area contributed by atoms with Crippen molar-refractivity contribution in [2.75, 3.05) is 31.1 Å². The molecule has 4 N–H and O–H groups in total. The number of amides is 1. The van der Waals surface area contributed by atoms with E-state index in [2.05, 4.69) is 9.97 Å². The molecule has 1 aliphatic heterocycles. The lowest BCUT2D eigenvalue weighted by Gasteiger charge is -2.35. The Morgan fingerprint density at radius 2 is 1.76 bits per heavy atom. The molecule has 0 spiro atoms. The largest absolute Gasteiger partial charge is 0.337 e. The molecule has 1 aromatic heterocycles. The summed E-state index contributed by atoms with van der Waals surface area (Å²) >= 11 is 0. The van der Waals surface area contributed by atoms with Crippen molar-refractivity contribution < 1.29 is 4.79 Å². The van der Waals surface area contributed by atoms with Gasteiger partial charge in [-0.25, -0.2) is 9.97 Å². The summed E-state index contributed by atoms with van der Waals surface area (Å²) in [7, 11) is 0. The molecular weight excluding hydrogens is 220 g/mol. The number of nitrogens with two attached hydrogens (primary N) is 2. The number of rotatable bonds is 2. The van der Waals surface area contributed by atoms with Crippen LogP contribution < -0.4 is 16.4 Å². The van der Waals surface area contributed by atoms with Crippen LogP contribution in [0.1, 0.15) is 0 Å². The van der Waals surface area contributed by atoms with Crippen LogP contribution in [0.3, 0.4) is 0 Å². The predicted octanol–water partition coefficient (Wildman–Crippen LogP) is -1.63. The van der Waals surface area contributed by atoms with Crippen molar-refractivity contribution in [3.05, 3.63) is 18.5 Å². The fourth-order valence-corrected chi connectivity index (χ4v) is 1.79. The summed E-state index contributed by atoms with van der Waals surface area (Å²) in [4.78, 5) is 23.6. The van der Waals surface area contributed by atoms with Crippen LogP contribution in [0.15, 0.2) is 18.5 Å². The fraction of sp³-hybridized carbons (Fsp3) is 0.500. The quantitative estimate of drug-likeness (QED) is 0.598. The maximum absolute atomic E-state index is 11.6. The van der Waals surface area contributed by atoms with Crippen LogP contribution in [0.25, 0.3) is 0 Å². The summed E-state index contributed by atoms with van der Waals surface area (Å²) in [5, 5.41) is 0. The van der Waals surface area contributed by atoms with Crippen LogP contribution >= 0.6 is 0 Å². The second-order valence-electron chi connectivity index (χ2n) is 3.89. The summed E-state index contributed by atoms with van der Waals surface area (Å²) in [5.74, 6) is 0.482. The highest BCUT2D eigenvalue weighted by Gasteiger charge is 2.24. The van der Waals surface area contributed by atoms with Gasteiger partial charge in [0.1, 0.15) is 6.17 Å². The lowest BCUT2D eigenvalue weighted by Crippen LogP contribution is -2.55. The van der Waals surface area contributed by atoms with E-state index in [0.717, 1.165) is 0 Å². The molecule has 7 nitrogen and oxygen atoms in total. The molecule has 0 aliphatic carbocycles. The Bertz CT molecular complexity index is 374. The van der Waals surface area contributed by atoms with Gasteiger partial charge in [-0.2, -0.15) is 0 Å². The Morgan fingerprint density at radius 3 is 2.29 bits per heavy atom. The van der Waals surface area contributed by atoms with Crippen molar-refractivity contribution in [3.8, 4) is 0 Å². The Kier molecular flexibility index (Phi) is 3.50. The highest BCUT2D eigenvalue weighted by atomic mass is 16.2. The zero-order chi connectivity index (χ0) is 12.3. The second kappa shape index (κ2) is 5.07. The van der Waals surface area contributed by atoms with E-state index in [0.29, 0.717) is 32.1 Å². The van der Waals surface area contributed by atoms with Gasteiger partial charge in [-0.05, 0) is 6.07 Å². The average molecular weight is 236 g/mol. The van der Waals surface area contributed by atoms with Gasteiger partial charge in [-0.15, -0.1) is 0 Å². The van der Waals surface area contributed by atoms with E-state index in [9.17, 15) is 4.79 Å². The van der Waals surface area contributed by atoms with Crippen molar-refractivity contribution in [2.24, 2.45) is 11.5 Å². The normalized spacial score (nSPS) is 16.4. The molecule has 17 heavy (non-hydrogen) atoms. The monoisotopic (exact) mass is 236 g/mol. The Hall–Kier alpha value is -1.73. The summed E-state index contributed by atoms with van der Waals surface area (Å²) in [6, 6.07) is 1.77. The minimum absolute atomic E-state index is 0.210. The number of aromatic nitrogens is 2. The molecule has 0 bridgehead atoms. The van der Waals surface area contributed by atoms with Gasteiger partial charge in [-0.1, -0.05) is 0 Å². The van der Waals surface area contributed by atoms with Crippen LogP contribution in [0.2, 0.25) is 0 Å². The van der Waals surface area contributed by atoms with Gasteiger partial charge in [0.05, 0.1) is 0 Å². The molecule has 1 saturated heterocycles. The third kappa shape index (κ3) is 2.69. The van der Waals surface area contributed by atoms with Crippen LogP contribution in [-0.2, 0) is 4.79 Å². The maximum atomic E-state index is 11.6. The summed E-state index contributed by atoms with van der Waals surface area (Å²) < 4.78 is 0. The van der Waals surface area contributed by atoms with Crippen LogP contribution in [0, 0.1) is 0 Å². The zero-order valence-corrected chi connectivity index (χ0v) is 9.49. The molecule has 0 atom stereocenters. The lowest BCUT2D eigenvalue weighted by atomic mass is 10.3. The topological polar surface area (TPSA) is 101 Å². The van der Waals surface area contributed by atoms with Gasteiger partial charge in [-0.3, -0.25) is 4.79 Å². The number of hydrogen-bond donors (Lipinski definition) is 2. The molecule has 0 saturated carbocycles. The molecule has 7 heteroatoms. The first-order valence-electron chi connectivity index (χ1n) is 5.50. The fourth-order valence-electron chi connectivity index (χ4n) is 1.79. The summed E-state index contributed by atoms with van der Waals surface area (Å²) in [6.07, 6.45) is 2.49. The van der Waals surface area contributed by atoms with Gasteiger partial charge >= 0.3 is 0 Å². The number of piperazine rings is 1. The standard InChI is InChI=1S/C10H16N6O/c11-8(12)9(17)15-4-6-16(7-5-15)10-13-2-1-3-14-10/h1-3,8H,4-7,11-12H2. The molecular formula is C10H16N6O. The minimum atomic E-state index is -0.922. The average Bonchev–Trinajstić information content (AvgIpc) is 2.39. The molecule has 92 valence electrons. The first kappa shape index (κ1) is 11.7. The van der Waals surface area contributed by atoms with Crippen molar-refractivity contribution in [3.63, 3.8) is 0 Å². The van der Waals surface area contributed by atoms with E-state index >= 15 is 0 Å². The number of nitrogens with zero attached hydrogens (tertiary/aromatic N) is 4. The SMILES string of the molecule is NC(N)C(=O)N1CCN(c2ncccn2)CC1. The Morgan fingerprint density at radius 1 is 1.18 bits per heavy atom. The van der Waals surface area contributed by atoms with E-state index in [-0.39, 0.29) is 5.91 Å². The van der Waals surface area contributed by atoms with Crippen LogP contribution in [0.4, 0.5) is 5.95 Å². The van der Waals surface area contributed by atoms with E-state index in [4.69, 9.17) is 11.5 Å². The van der Waals surface area contributed by atoms with Gasteiger partial charge in [0.25, 0.3) is 5.91 Å². The lowest BCUT2D eigenvalue weighted by molar-refractivity contribution is -0.132. The van der Waals surface area contributed by atoms with E-state index in [1.54, 1.807) is 23.4 Å². The Balaban J connectivity index is 1.93. The van der Waals surface area contributed by atoms with Crippen LogP contribution in [0.5, 0.6) is 0 Å². The third-order valence-electron chi connectivity index (χ3n) is 2.71. The van der Waals surface area contributed by atoms with E-state index < -0.39 is 6.17 Å². The second-order valence-corrected chi connectivity index (χ2v) is 3.89. The first-order chi connectivity index (χ1) is 8.18. The molecule has 1 aliphatic rings. The van der Waals surface area contributed by atoms with E-state index in [1.807, 2.05) is 4.90 Å².